The molecule has 0 aliphatic carbocycles. The van der Waals surface area contributed by atoms with Gasteiger partial charge in [0.05, 0.1) is 42.6 Å². The first-order chi connectivity index (χ1) is 22.1. The third-order valence-electron chi connectivity index (χ3n) is 8.65. The highest BCUT2D eigenvalue weighted by Crippen LogP contribution is 2.39. The molecule has 0 spiro atoms. The van der Waals surface area contributed by atoms with Crippen molar-refractivity contribution in [3.8, 4) is 5.75 Å². The van der Waals surface area contributed by atoms with Gasteiger partial charge in [-0.3, -0.25) is 14.4 Å². The van der Waals surface area contributed by atoms with E-state index in [9.17, 15) is 24.3 Å². The number of carbonyl (C=O) groups excluding carboxylic acids is 3. The number of ketones is 1. The molecule has 1 heterocycles. The van der Waals surface area contributed by atoms with Crippen LogP contribution in [0.15, 0.2) is 78.9 Å². The highest BCUT2D eigenvalue weighted by Gasteiger charge is 2.36. The van der Waals surface area contributed by atoms with E-state index >= 15 is 0 Å². The lowest BCUT2D eigenvalue weighted by Crippen LogP contribution is -2.40. The number of carboxylic acids is 1. The van der Waals surface area contributed by atoms with Crippen LogP contribution >= 0.6 is 0 Å². The van der Waals surface area contributed by atoms with Gasteiger partial charge < -0.3 is 30.7 Å². The smallest absolute Gasteiger partial charge is 0.335 e. The van der Waals surface area contributed by atoms with Crippen LogP contribution in [0.5, 0.6) is 5.75 Å². The third-order valence-corrected chi connectivity index (χ3v) is 8.65. The number of nitrogen functional groups attached to an aromatic ring is 1. The fourth-order valence-corrected chi connectivity index (χ4v) is 5.93. The molecule has 2 atom stereocenters. The molecule has 238 valence electrons. The summed E-state index contributed by atoms with van der Waals surface area (Å²) in [5.41, 5.74) is 8.85. The number of Topliss-reactive ketones (excluding diaryl/α,β-unsaturated/α-hetero) is 1. The van der Waals surface area contributed by atoms with E-state index in [1.54, 1.807) is 72.5 Å². The highest BCUT2D eigenvalue weighted by atomic mass is 16.5. The molecule has 1 aliphatic rings. The molecular formula is C36H38N4O6. The SMILES string of the molecule is CN[C@@H](C)C(=O)CCCC1CN(C(=O)c2ccc(N)cc2)c2ccccc2N(Cc2c(OC)ccc3cc(C(=O)O)ccc23)C1=O. The van der Waals surface area contributed by atoms with Gasteiger partial charge in [0.1, 0.15) is 11.5 Å². The minimum Gasteiger partial charge on any atom is -0.496 e. The second-order valence-electron chi connectivity index (χ2n) is 11.5. The number of hydrogen-bond acceptors (Lipinski definition) is 7. The number of ether oxygens (including phenoxy) is 1. The lowest BCUT2D eigenvalue weighted by atomic mass is 9.96. The van der Waals surface area contributed by atoms with Gasteiger partial charge in [-0.1, -0.05) is 24.3 Å². The number of para-hydroxylation sites is 2. The number of fused-ring (bicyclic) bond motifs is 2. The number of methoxy groups -OCH3 is 1. The third kappa shape index (κ3) is 6.57. The molecule has 1 unspecified atom stereocenters. The Morgan fingerprint density at radius 3 is 2.37 bits per heavy atom. The van der Waals surface area contributed by atoms with Crippen molar-refractivity contribution in [2.24, 2.45) is 5.92 Å². The molecule has 4 N–H and O–H groups in total. The summed E-state index contributed by atoms with van der Waals surface area (Å²) in [6.07, 6.45) is 1.17. The monoisotopic (exact) mass is 622 g/mol. The van der Waals surface area contributed by atoms with Crippen molar-refractivity contribution < 1.29 is 29.0 Å². The van der Waals surface area contributed by atoms with Crippen molar-refractivity contribution in [2.75, 3.05) is 36.2 Å². The van der Waals surface area contributed by atoms with E-state index in [-0.39, 0.29) is 42.3 Å². The number of nitrogens with two attached hydrogens (primary N) is 1. The molecule has 4 aromatic rings. The fourth-order valence-electron chi connectivity index (χ4n) is 5.93. The van der Waals surface area contributed by atoms with Crippen LogP contribution in [0.2, 0.25) is 0 Å². The number of carbonyl (C=O) groups is 4. The van der Waals surface area contributed by atoms with Crippen LogP contribution in [-0.2, 0) is 16.1 Å². The van der Waals surface area contributed by atoms with Crippen LogP contribution in [0.3, 0.4) is 0 Å². The summed E-state index contributed by atoms with van der Waals surface area (Å²) in [6.45, 7) is 2.04. The van der Waals surface area contributed by atoms with Gasteiger partial charge in [0.2, 0.25) is 5.91 Å². The van der Waals surface area contributed by atoms with Crippen LogP contribution < -0.4 is 25.6 Å². The van der Waals surface area contributed by atoms with E-state index < -0.39 is 11.9 Å². The van der Waals surface area contributed by atoms with Gasteiger partial charge in [-0.05, 0) is 92.2 Å². The second-order valence-corrected chi connectivity index (χ2v) is 11.5. The van der Waals surface area contributed by atoms with Crippen LogP contribution in [0.4, 0.5) is 17.1 Å². The first-order valence-corrected chi connectivity index (χ1v) is 15.2. The molecule has 10 nitrogen and oxygen atoms in total. The topological polar surface area (TPSA) is 142 Å². The molecule has 46 heavy (non-hydrogen) atoms. The summed E-state index contributed by atoms with van der Waals surface area (Å²) in [6, 6.07) is 22.1. The summed E-state index contributed by atoms with van der Waals surface area (Å²) >= 11 is 0. The Hall–Kier alpha value is -5.22. The molecule has 5 rings (SSSR count). The largest absolute Gasteiger partial charge is 0.496 e. The zero-order valence-corrected chi connectivity index (χ0v) is 26.2. The number of hydrogen-bond donors (Lipinski definition) is 3. The lowest BCUT2D eigenvalue weighted by molar-refractivity contribution is -0.123. The van der Waals surface area contributed by atoms with E-state index in [2.05, 4.69) is 5.32 Å². The summed E-state index contributed by atoms with van der Waals surface area (Å²) in [5, 5.41) is 14.0. The molecule has 4 aromatic carbocycles. The van der Waals surface area contributed by atoms with Crippen molar-refractivity contribution in [3.63, 3.8) is 0 Å². The second kappa shape index (κ2) is 13.8. The van der Waals surface area contributed by atoms with E-state index in [4.69, 9.17) is 10.5 Å². The number of rotatable bonds is 11. The quantitative estimate of drug-likeness (QED) is 0.192. The maximum Gasteiger partial charge on any atom is 0.335 e. The van der Waals surface area contributed by atoms with Crippen LogP contribution in [-0.4, -0.2) is 55.4 Å². The first-order valence-electron chi connectivity index (χ1n) is 15.2. The van der Waals surface area contributed by atoms with Crippen LogP contribution in [0, 0.1) is 5.92 Å². The van der Waals surface area contributed by atoms with Crippen molar-refractivity contribution in [2.45, 2.75) is 38.8 Å². The summed E-state index contributed by atoms with van der Waals surface area (Å²) in [5.74, 6) is -1.50. The van der Waals surface area contributed by atoms with Gasteiger partial charge in [0.25, 0.3) is 5.91 Å². The molecule has 0 radical (unpaired) electrons. The Kier molecular flexibility index (Phi) is 9.67. The fraction of sp³-hybridized carbons (Fsp3) is 0.278. The summed E-state index contributed by atoms with van der Waals surface area (Å²) in [7, 11) is 3.28. The van der Waals surface area contributed by atoms with Gasteiger partial charge in [-0.25, -0.2) is 4.79 Å². The molecule has 0 aromatic heterocycles. The Labute approximate surface area is 267 Å². The maximum absolute atomic E-state index is 14.6. The zero-order chi connectivity index (χ0) is 33.0. The van der Waals surface area contributed by atoms with Gasteiger partial charge in [-0.15, -0.1) is 0 Å². The minimum absolute atomic E-state index is 0.0553. The number of nitrogens with one attached hydrogen (secondary N) is 1. The molecule has 0 saturated heterocycles. The maximum atomic E-state index is 14.6. The van der Waals surface area contributed by atoms with E-state index in [0.717, 1.165) is 5.39 Å². The van der Waals surface area contributed by atoms with Gasteiger partial charge in [0.15, 0.2) is 0 Å². The molecule has 1 aliphatic heterocycles. The normalized spacial score (nSPS) is 15.3. The van der Waals surface area contributed by atoms with Crippen molar-refractivity contribution in [1.29, 1.82) is 0 Å². The Balaban J connectivity index is 1.59. The lowest BCUT2D eigenvalue weighted by Gasteiger charge is -2.27. The van der Waals surface area contributed by atoms with E-state index in [1.807, 2.05) is 31.2 Å². The highest BCUT2D eigenvalue weighted by molar-refractivity contribution is 6.12. The zero-order valence-electron chi connectivity index (χ0n) is 26.2. The van der Waals surface area contributed by atoms with Crippen molar-refractivity contribution >= 4 is 51.4 Å². The molecular weight excluding hydrogens is 584 g/mol. The Bertz CT molecular complexity index is 1790. The number of carboxylic acid groups (broad SMARTS) is 1. The van der Waals surface area contributed by atoms with E-state index in [0.29, 0.717) is 58.6 Å². The predicted molar refractivity (Wildman–Crippen MR) is 178 cm³/mol. The van der Waals surface area contributed by atoms with Crippen molar-refractivity contribution in [3.05, 3.63) is 95.6 Å². The molecule has 2 amide bonds. The Morgan fingerprint density at radius 2 is 1.70 bits per heavy atom. The van der Waals surface area contributed by atoms with Crippen LogP contribution in [0.1, 0.15) is 52.5 Å². The summed E-state index contributed by atoms with van der Waals surface area (Å²) < 4.78 is 5.73. The Morgan fingerprint density at radius 1 is 1.00 bits per heavy atom. The van der Waals surface area contributed by atoms with Gasteiger partial charge in [0, 0.05) is 29.8 Å². The minimum atomic E-state index is -1.04. The van der Waals surface area contributed by atoms with Gasteiger partial charge in [-0.2, -0.15) is 0 Å². The number of nitrogens with zero attached hydrogens (tertiary/aromatic N) is 2. The number of amides is 2. The summed E-state index contributed by atoms with van der Waals surface area (Å²) in [4.78, 5) is 56.2. The average molecular weight is 623 g/mol. The average Bonchev–Trinajstić information content (AvgIpc) is 3.18. The number of benzene rings is 4. The van der Waals surface area contributed by atoms with Crippen molar-refractivity contribution in [1.82, 2.24) is 5.32 Å². The first kappa shape index (κ1) is 32.2. The number of anilines is 3. The standard InChI is InChI=1S/C36H38N4O6/c1-22(38-2)32(41)10-6-7-26-20-39(34(42)23-11-15-27(37)16-12-23)30-8-4-5-9-31(30)40(35(26)43)21-29-28-17-13-25(36(44)45)19-24(28)14-18-33(29)46-3/h4-5,8-9,11-19,22,26,38H,6-7,10,20-21,37H2,1-3H3,(H,44,45)/t22-,26?/m0/s1. The van der Waals surface area contributed by atoms with Gasteiger partial charge >= 0.3 is 5.97 Å². The predicted octanol–water partition coefficient (Wildman–Crippen LogP) is 5.29. The number of likely N-dealkylation sites (N-methyl/N-ethyl adjacent to an activating group) is 1. The van der Waals surface area contributed by atoms with Crippen LogP contribution in [0.25, 0.3) is 10.8 Å². The molecule has 0 saturated carbocycles. The molecule has 0 fully saturated rings. The molecule has 10 heteroatoms. The van der Waals surface area contributed by atoms with E-state index in [1.165, 1.54) is 6.07 Å². The number of aromatic carboxylic acids is 1. The molecule has 0 bridgehead atoms.